The molecule has 0 atom stereocenters. The Morgan fingerprint density at radius 1 is 1.19 bits per heavy atom. The van der Waals surface area contributed by atoms with Crippen LogP contribution in [0.4, 0.5) is 0 Å². The SMILES string of the molecule is CC(C)c1cc(C(=O)N2CC3(C2)CN(C(=O)c2nc(C4CC4)cs2)C3)n[nH]1. The number of hydrogen-bond donors (Lipinski definition) is 1. The Kier molecular flexibility index (Phi) is 3.69. The Bertz CT molecular complexity index is 831. The summed E-state index contributed by atoms with van der Waals surface area (Å²) in [6, 6.07) is 1.84. The summed E-state index contributed by atoms with van der Waals surface area (Å²) in [5.74, 6) is 0.910. The van der Waals surface area contributed by atoms with Gasteiger partial charge in [0, 0.05) is 48.6 Å². The molecule has 0 bridgehead atoms. The zero-order chi connectivity index (χ0) is 18.8. The van der Waals surface area contributed by atoms with E-state index < -0.39 is 0 Å². The summed E-state index contributed by atoms with van der Waals surface area (Å²) in [6.07, 6.45) is 2.39. The van der Waals surface area contributed by atoms with Gasteiger partial charge in [0.25, 0.3) is 11.8 Å². The van der Waals surface area contributed by atoms with Crippen molar-refractivity contribution in [3.8, 4) is 0 Å². The van der Waals surface area contributed by atoms with Gasteiger partial charge in [-0.05, 0) is 24.8 Å². The van der Waals surface area contributed by atoms with E-state index in [0.29, 0.717) is 48.7 Å². The standard InChI is InChI=1S/C19H23N5O2S/c1-11(2)13-5-14(22-21-13)17(25)23-7-19(8-23)9-24(10-19)18(26)16-20-15(6-27-16)12-3-4-12/h5-6,11-12H,3-4,7-10H2,1-2H3,(H,21,22). The lowest BCUT2D eigenvalue weighted by Crippen LogP contribution is -2.73. The topological polar surface area (TPSA) is 82.2 Å². The second-order valence-electron chi connectivity index (χ2n) is 8.54. The average molecular weight is 385 g/mol. The van der Waals surface area contributed by atoms with E-state index in [9.17, 15) is 9.59 Å². The Morgan fingerprint density at radius 2 is 1.85 bits per heavy atom. The van der Waals surface area contributed by atoms with Gasteiger partial charge in [-0.3, -0.25) is 14.7 Å². The highest BCUT2D eigenvalue weighted by atomic mass is 32.1. The summed E-state index contributed by atoms with van der Waals surface area (Å²) < 4.78 is 0. The van der Waals surface area contributed by atoms with Gasteiger partial charge in [-0.1, -0.05) is 13.8 Å². The molecule has 1 N–H and O–H groups in total. The molecule has 0 aromatic carbocycles. The molecule has 5 rings (SSSR count). The number of nitrogens with one attached hydrogen (secondary N) is 1. The average Bonchev–Trinajstić information content (AvgIpc) is 3.10. The van der Waals surface area contributed by atoms with E-state index in [1.807, 2.05) is 21.2 Å². The van der Waals surface area contributed by atoms with Gasteiger partial charge in [-0.25, -0.2) is 4.98 Å². The Morgan fingerprint density at radius 3 is 2.44 bits per heavy atom. The van der Waals surface area contributed by atoms with E-state index in [1.54, 1.807) is 0 Å². The molecule has 7 nitrogen and oxygen atoms in total. The molecule has 3 fully saturated rings. The molecule has 27 heavy (non-hydrogen) atoms. The third-order valence-electron chi connectivity index (χ3n) is 5.82. The first kappa shape index (κ1) is 16.9. The second kappa shape index (κ2) is 5.89. The highest BCUT2D eigenvalue weighted by Crippen LogP contribution is 2.42. The first-order valence-electron chi connectivity index (χ1n) is 9.53. The van der Waals surface area contributed by atoms with Crippen molar-refractivity contribution in [1.29, 1.82) is 0 Å². The summed E-state index contributed by atoms with van der Waals surface area (Å²) in [7, 11) is 0. The molecule has 2 aliphatic heterocycles. The number of hydrogen-bond acceptors (Lipinski definition) is 5. The molecule has 2 aromatic rings. The van der Waals surface area contributed by atoms with Gasteiger partial charge in [0.1, 0.15) is 5.69 Å². The van der Waals surface area contributed by atoms with E-state index in [0.717, 1.165) is 11.4 Å². The van der Waals surface area contributed by atoms with Gasteiger partial charge in [0.05, 0.1) is 5.69 Å². The van der Waals surface area contributed by atoms with Crippen molar-refractivity contribution < 1.29 is 9.59 Å². The number of carbonyl (C=O) groups excluding carboxylic acids is 2. The number of thiazole rings is 1. The molecule has 2 amide bonds. The van der Waals surface area contributed by atoms with Crippen LogP contribution in [0.1, 0.15) is 70.2 Å². The largest absolute Gasteiger partial charge is 0.336 e. The minimum absolute atomic E-state index is 0.0254. The number of H-pyrrole nitrogens is 1. The van der Waals surface area contributed by atoms with Crippen LogP contribution in [-0.4, -0.2) is 63.0 Å². The van der Waals surface area contributed by atoms with E-state index in [1.165, 1.54) is 24.2 Å². The van der Waals surface area contributed by atoms with Crippen molar-refractivity contribution in [3.05, 3.63) is 33.5 Å². The second-order valence-corrected chi connectivity index (χ2v) is 9.40. The fourth-order valence-corrected chi connectivity index (χ4v) is 4.87. The van der Waals surface area contributed by atoms with E-state index in [4.69, 9.17) is 0 Å². The first-order chi connectivity index (χ1) is 12.9. The van der Waals surface area contributed by atoms with Crippen LogP contribution >= 0.6 is 11.3 Å². The molecular weight excluding hydrogens is 362 g/mol. The number of aromatic nitrogens is 3. The smallest absolute Gasteiger partial charge is 0.282 e. The maximum absolute atomic E-state index is 12.6. The van der Waals surface area contributed by atoms with Crippen LogP contribution in [0, 0.1) is 5.41 Å². The molecule has 3 aliphatic rings. The van der Waals surface area contributed by atoms with Crippen molar-refractivity contribution in [3.63, 3.8) is 0 Å². The van der Waals surface area contributed by atoms with Gasteiger partial charge >= 0.3 is 0 Å². The predicted molar refractivity (Wildman–Crippen MR) is 101 cm³/mol. The molecule has 0 unspecified atom stereocenters. The third-order valence-corrected chi connectivity index (χ3v) is 6.67. The molecule has 0 radical (unpaired) electrons. The monoisotopic (exact) mass is 385 g/mol. The quantitative estimate of drug-likeness (QED) is 0.876. The van der Waals surface area contributed by atoms with Crippen molar-refractivity contribution in [2.45, 2.75) is 38.5 Å². The number of carbonyl (C=O) groups is 2. The lowest BCUT2D eigenvalue weighted by Gasteiger charge is -2.59. The number of likely N-dealkylation sites (tertiary alicyclic amines) is 2. The van der Waals surface area contributed by atoms with Crippen LogP contribution in [0.2, 0.25) is 0 Å². The van der Waals surface area contributed by atoms with Crippen LogP contribution in [0.15, 0.2) is 11.4 Å². The van der Waals surface area contributed by atoms with Gasteiger partial charge in [0.15, 0.2) is 5.01 Å². The number of aromatic amines is 1. The summed E-state index contributed by atoms with van der Waals surface area (Å²) in [5.41, 5.74) is 2.61. The highest BCUT2D eigenvalue weighted by molar-refractivity contribution is 7.11. The Balaban J connectivity index is 1.15. The van der Waals surface area contributed by atoms with Crippen molar-refractivity contribution in [1.82, 2.24) is 25.0 Å². The maximum Gasteiger partial charge on any atom is 0.282 e. The van der Waals surface area contributed by atoms with E-state index in [-0.39, 0.29) is 17.2 Å². The predicted octanol–water partition coefficient (Wildman–Crippen LogP) is 2.47. The van der Waals surface area contributed by atoms with E-state index in [2.05, 4.69) is 29.0 Å². The molecule has 1 saturated carbocycles. The molecule has 142 valence electrons. The summed E-state index contributed by atoms with van der Waals surface area (Å²) in [6.45, 7) is 6.96. The molecule has 2 aromatic heterocycles. The van der Waals surface area contributed by atoms with Crippen LogP contribution in [-0.2, 0) is 0 Å². The molecule has 4 heterocycles. The number of amides is 2. The Labute approximate surface area is 161 Å². The van der Waals surface area contributed by atoms with Crippen LogP contribution in [0.25, 0.3) is 0 Å². The molecular formula is C19H23N5O2S. The minimum Gasteiger partial charge on any atom is -0.336 e. The number of rotatable bonds is 4. The summed E-state index contributed by atoms with van der Waals surface area (Å²) >= 11 is 1.46. The van der Waals surface area contributed by atoms with Crippen molar-refractivity contribution in [2.75, 3.05) is 26.2 Å². The summed E-state index contributed by atoms with van der Waals surface area (Å²) in [4.78, 5) is 33.4. The van der Waals surface area contributed by atoms with Gasteiger partial charge in [-0.2, -0.15) is 5.10 Å². The summed E-state index contributed by atoms with van der Waals surface area (Å²) in [5, 5.41) is 9.72. The van der Waals surface area contributed by atoms with Gasteiger partial charge < -0.3 is 9.80 Å². The zero-order valence-electron chi connectivity index (χ0n) is 15.6. The fourth-order valence-electron chi connectivity index (χ4n) is 4.00. The van der Waals surface area contributed by atoms with Gasteiger partial charge in [-0.15, -0.1) is 11.3 Å². The fraction of sp³-hybridized carbons (Fsp3) is 0.579. The molecule has 2 saturated heterocycles. The van der Waals surface area contributed by atoms with Crippen LogP contribution < -0.4 is 0 Å². The van der Waals surface area contributed by atoms with Gasteiger partial charge in [0.2, 0.25) is 0 Å². The normalized spacial score (nSPS) is 20.7. The minimum atomic E-state index is -0.0254. The number of nitrogens with zero attached hydrogens (tertiary/aromatic N) is 4. The third kappa shape index (κ3) is 2.86. The first-order valence-corrected chi connectivity index (χ1v) is 10.4. The maximum atomic E-state index is 12.6. The molecule has 8 heteroatoms. The molecule has 1 spiro atoms. The highest BCUT2D eigenvalue weighted by Gasteiger charge is 2.55. The lowest BCUT2D eigenvalue weighted by molar-refractivity contribution is -0.0823. The van der Waals surface area contributed by atoms with E-state index >= 15 is 0 Å². The molecule has 1 aliphatic carbocycles. The van der Waals surface area contributed by atoms with Crippen molar-refractivity contribution in [2.24, 2.45) is 5.41 Å². The Hall–Kier alpha value is -2.22. The van der Waals surface area contributed by atoms with Crippen LogP contribution in [0.3, 0.4) is 0 Å². The lowest BCUT2D eigenvalue weighted by atomic mass is 9.72. The zero-order valence-corrected chi connectivity index (χ0v) is 16.4. The van der Waals surface area contributed by atoms with Crippen LogP contribution in [0.5, 0.6) is 0 Å². The van der Waals surface area contributed by atoms with Crippen molar-refractivity contribution >= 4 is 23.2 Å².